The van der Waals surface area contributed by atoms with E-state index in [2.05, 4.69) is 29.2 Å². The lowest BCUT2D eigenvalue weighted by Gasteiger charge is -2.21. The molecule has 0 N–H and O–H groups in total. The van der Waals surface area contributed by atoms with Crippen molar-refractivity contribution in [2.24, 2.45) is 5.92 Å². The second kappa shape index (κ2) is 7.01. The Morgan fingerprint density at radius 2 is 2.04 bits per heavy atom. The van der Waals surface area contributed by atoms with Crippen LogP contribution in [-0.4, -0.2) is 42.4 Å². The van der Waals surface area contributed by atoms with Crippen molar-refractivity contribution in [1.29, 1.82) is 0 Å². The molecule has 1 fully saturated rings. The van der Waals surface area contributed by atoms with Gasteiger partial charge in [-0.05, 0) is 43.5 Å². The van der Waals surface area contributed by atoms with Crippen molar-refractivity contribution < 1.29 is 9.21 Å². The topological polar surface area (TPSA) is 36.7 Å². The number of hydrogen-bond donors (Lipinski definition) is 0. The van der Waals surface area contributed by atoms with Gasteiger partial charge in [-0.25, -0.2) is 0 Å². The molecule has 0 radical (unpaired) electrons. The molecule has 23 heavy (non-hydrogen) atoms. The van der Waals surface area contributed by atoms with E-state index in [1.807, 2.05) is 26.1 Å². The van der Waals surface area contributed by atoms with Gasteiger partial charge in [-0.15, -0.1) is 0 Å². The molecule has 1 amide bonds. The van der Waals surface area contributed by atoms with Crippen molar-refractivity contribution in [3.8, 4) is 0 Å². The number of amides is 1. The third-order valence-corrected chi connectivity index (χ3v) is 4.45. The monoisotopic (exact) mass is 312 g/mol. The fraction of sp³-hybridized carbons (Fsp3) is 0.421. The van der Waals surface area contributed by atoms with Gasteiger partial charge in [0.2, 0.25) is 0 Å². The number of likely N-dealkylation sites (tertiary alicyclic amines) is 1. The van der Waals surface area contributed by atoms with Gasteiger partial charge in [0.15, 0.2) is 5.76 Å². The summed E-state index contributed by atoms with van der Waals surface area (Å²) in [5, 5.41) is 0. The van der Waals surface area contributed by atoms with E-state index in [4.69, 9.17) is 4.42 Å². The van der Waals surface area contributed by atoms with Crippen LogP contribution in [0.15, 0.2) is 46.9 Å². The average molecular weight is 312 g/mol. The number of rotatable bonds is 5. The molecule has 1 aromatic carbocycles. The quantitative estimate of drug-likeness (QED) is 0.851. The van der Waals surface area contributed by atoms with Crippen LogP contribution in [0.5, 0.6) is 0 Å². The lowest BCUT2D eigenvalue weighted by atomic mass is 10.1. The fourth-order valence-corrected chi connectivity index (χ4v) is 3.25. The maximum atomic E-state index is 12.3. The number of furan rings is 1. The van der Waals surface area contributed by atoms with Crippen molar-refractivity contribution in [3.63, 3.8) is 0 Å². The number of benzene rings is 1. The van der Waals surface area contributed by atoms with Gasteiger partial charge in [-0.1, -0.05) is 30.3 Å². The molecule has 0 unspecified atom stereocenters. The predicted octanol–water partition coefficient (Wildman–Crippen LogP) is 3.18. The number of nitrogens with zero attached hydrogens (tertiary/aromatic N) is 2. The fourth-order valence-electron chi connectivity index (χ4n) is 3.25. The molecule has 0 spiro atoms. The minimum atomic E-state index is -0.0281. The van der Waals surface area contributed by atoms with Gasteiger partial charge in [0, 0.05) is 26.7 Å². The first-order valence-electron chi connectivity index (χ1n) is 8.20. The molecule has 4 nitrogen and oxygen atoms in total. The van der Waals surface area contributed by atoms with Crippen LogP contribution in [0.4, 0.5) is 0 Å². The summed E-state index contributed by atoms with van der Waals surface area (Å²) in [7, 11) is 1.86. The molecule has 1 aliphatic heterocycles. The molecule has 1 saturated heterocycles. The average Bonchev–Trinajstić information content (AvgIpc) is 3.17. The van der Waals surface area contributed by atoms with Crippen LogP contribution in [0.3, 0.4) is 0 Å². The Bertz CT molecular complexity index is 650. The molecule has 1 aromatic heterocycles. The summed E-state index contributed by atoms with van der Waals surface area (Å²) in [6.07, 6.45) is 1.14. The van der Waals surface area contributed by atoms with Crippen molar-refractivity contribution in [3.05, 3.63) is 59.5 Å². The largest absolute Gasteiger partial charge is 0.456 e. The van der Waals surface area contributed by atoms with E-state index < -0.39 is 0 Å². The Labute approximate surface area is 137 Å². The smallest absolute Gasteiger partial charge is 0.289 e. The zero-order valence-corrected chi connectivity index (χ0v) is 13.9. The highest BCUT2D eigenvalue weighted by Crippen LogP contribution is 2.20. The minimum absolute atomic E-state index is 0.0281. The normalized spacial score (nSPS) is 18.3. The maximum absolute atomic E-state index is 12.3. The second-order valence-corrected chi connectivity index (χ2v) is 6.47. The molecule has 122 valence electrons. The van der Waals surface area contributed by atoms with E-state index in [9.17, 15) is 4.79 Å². The Hall–Kier alpha value is -2.07. The Morgan fingerprint density at radius 3 is 2.74 bits per heavy atom. The van der Waals surface area contributed by atoms with Crippen LogP contribution in [0.25, 0.3) is 0 Å². The van der Waals surface area contributed by atoms with Crippen LogP contribution >= 0.6 is 0 Å². The molecular weight excluding hydrogens is 288 g/mol. The number of carbonyl (C=O) groups is 1. The molecule has 4 heteroatoms. The van der Waals surface area contributed by atoms with E-state index in [0.29, 0.717) is 11.7 Å². The van der Waals surface area contributed by atoms with Gasteiger partial charge in [0.25, 0.3) is 5.91 Å². The van der Waals surface area contributed by atoms with E-state index >= 15 is 0 Å². The Morgan fingerprint density at radius 1 is 1.26 bits per heavy atom. The Balaban J connectivity index is 1.50. The second-order valence-electron chi connectivity index (χ2n) is 6.47. The van der Waals surface area contributed by atoms with Gasteiger partial charge < -0.3 is 9.32 Å². The standard InChI is InChI=1S/C19H24N2O2/c1-15-8-9-18(23-15)19(22)20(2)12-17-10-11-21(14-17)13-16-6-4-3-5-7-16/h3-9,17H,10-14H2,1-2H3/t17-/m1/s1. The third kappa shape index (κ3) is 4.02. The van der Waals surface area contributed by atoms with E-state index in [-0.39, 0.29) is 5.91 Å². The van der Waals surface area contributed by atoms with Gasteiger partial charge in [0.1, 0.15) is 5.76 Å². The number of carbonyl (C=O) groups excluding carboxylic acids is 1. The number of aryl methyl sites for hydroxylation is 1. The minimum Gasteiger partial charge on any atom is -0.456 e. The van der Waals surface area contributed by atoms with Crippen molar-refractivity contribution in [2.45, 2.75) is 19.9 Å². The van der Waals surface area contributed by atoms with Crippen LogP contribution in [-0.2, 0) is 6.54 Å². The summed E-state index contributed by atoms with van der Waals surface area (Å²) < 4.78 is 5.43. The first kappa shape index (κ1) is 15.8. The van der Waals surface area contributed by atoms with Gasteiger partial charge in [-0.2, -0.15) is 0 Å². The molecule has 0 aliphatic carbocycles. The highest BCUT2D eigenvalue weighted by molar-refractivity contribution is 5.91. The summed E-state index contributed by atoms with van der Waals surface area (Å²) in [5.74, 6) is 1.71. The molecule has 0 bridgehead atoms. The van der Waals surface area contributed by atoms with Crippen molar-refractivity contribution in [1.82, 2.24) is 9.80 Å². The SMILES string of the molecule is Cc1ccc(C(=O)N(C)C[C@H]2CCN(Cc3ccccc3)C2)o1. The van der Waals surface area contributed by atoms with Crippen LogP contribution < -0.4 is 0 Å². The van der Waals surface area contributed by atoms with Crippen LogP contribution in [0.1, 0.15) is 28.3 Å². The predicted molar refractivity (Wildman–Crippen MR) is 90.2 cm³/mol. The molecular formula is C19H24N2O2. The summed E-state index contributed by atoms with van der Waals surface area (Å²) in [6.45, 7) is 5.77. The molecule has 1 atom stereocenters. The highest BCUT2D eigenvalue weighted by Gasteiger charge is 2.26. The van der Waals surface area contributed by atoms with Crippen LogP contribution in [0.2, 0.25) is 0 Å². The lowest BCUT2D eigenvalue weighted by molar-refractivity contribution is 0.0740. The summed E-state index contributed by atoms with van der Waals surface area (Å²) in [6, 6.07) is 14.1. The third-order valence-electron chi connectivity index (χ3n) is 4.45. The zero-order chi connectivity index (χ0) is 16.2. The zero-order valence-electron chi connectivity index (χ0n) is 13.9. The van der Waals surface area contributed by atoms with E-state index in [1.54, 1.807) is 11.0 Å². The first-order chi connectivity index (χ1) is 11.1. The van der Waals surface area contributed by atoms with Crippen molar-refractivity contribution in [2.75, 3.05) is 26.7 Å². The molecule has 2 aromatic rings. The number of hydrogen-bond acceptors (Lipinski definition) is 3. The lowest BCUT2D eigenvalue weighted by Crippen LogP contribution is -2.32. The summed E-state index contributed by atoms with van der Waals surface area (Å²) in [4.78, 5) is 16.6. The van der Waals surface area contributed by atoms with Crippen LogP contribution in [0, 0.1) is 12.8 Å². The first-order valence-corrected chi connectivity index (χ1v) is 8.20. The summed E-state index contributed by atoms with van der Waals surface area (Å²) >= 11 is 0. The Kier molecular flexibility index (Phi) is 4.82. The molecule has 0 saturated carbocycles. The molecule has 3 rings (SSSR count). The van der Waals surface area contributed by atoms with E-state index in [1.165, 1.54) is 5.56 Å². The molecule has 1 aliphatic rings. The maximum Gasteiger partial charge on any atom is 0.289 e. The van der Waals surface area contributed by atoms with Gasteiger partial charge in [0.05, 0.1) is 0 Å². The van der Waals surface area contributed by atoms with Gasteiger partial charge in [-0.3, -0.25) is 9.69 Å². The van der Waals surface area contributed by atoms with E-state index in [0.717, 1.165) is 38.4 Å². The van der Waals surface area contributed by atoms with Crippen molar-refractivity contribution >= 4 is 5.91 Å². The van der Waals surface area contributed by atoms with Gasteiger partial charge >= 0.3 is 0 Å². The summed E-state index contributed by atoms with van der Waals surface area (Å²) in [5.41, 5.74) is 1.35. The molecule has 2 heterocycles. The highest BCUT2D eigenvalue weighted by atomic mass is 16.3.